The summed E-state index contributed by atoms with van der Waals surface area (Å²) >= 11 is 1.62. The quantitative estimate of drug-likeness (QED) is 0.735. The number of rotatable bonds is 4. The number of imidazole rings is 1. The van der Waals surface area contributed by atoms with E-state index in [1.165, 1.54) is 12.8 Å². The lowest BCUT2D eigenvalue weighted by atomic mass is 10.0. The molecule has 0 unspecified atom stereocenters. The van der Waals surface area contributed by atoms with Gasteiger partial charge >= 0.3 is 0 Å². The molecule has 0 aliphatic carbocycles. The molecule has 0 aromatic carbocycles. The fourth-order valence-corrected chi connectivity index (χ4v) is 3.82. The van der Waals surface area contributed by atoms with Crippen molar-refractivity contribution in [1.29, 1.82) is 0 Å². The Bertz CT molecular complexity index is 763. The number of thiophene rings is 1. The zero-order chi connectivity index (χ0) is 15.6. The van der Waals surface area contributed by atoms with Gasteiger partial charge in [0.2, 0.25) is 11.7 Å². The summed E-state index contributed by atoms with van der Waals surface area (Å²) in [5.74, 6) is 2.47. The highest BCUT2D eigenvalue weighted by Gasteiger charge is 2.28. The fraction of sp³-hybridized carbons (Fsp3) is 0.438. The molecule has 0 bridgehead atoms. The molecule has 0 spiro atoms. The van der Waals surface area contributed by atoms with Crippen molar-refractivity contribution in [3.63, 3.8) is 0 Å². The number of nitrogens with zero attached hydrogens (tertiary/aromatic N) is 5. The predicted octanol–water partition coefficient (Wildman–Crippen LogP) is 3.26. The van der Waals surface area contributed by atoms with Crippen molar-refractivity contribution < 1.29 is 4.52 Å². The molecule has 0 radical (unpaired) electrons. The summed E-state index contributed by atoms with van der Waals surface area (Å²) in [7, 11) is 2.05. The van der Waals surface area contributed by atoms with Crippen molar-refractivity contribution in [2.45, 2.75) is 31.8 Å². The van der Waals surface area contributed by atoms with Gasteiger partial charge in [-0.1, -0.05) is 17.6 Å². The van der Waals surface area contributed by atoms with Crippen LogP contribution >= 0.6 is 11.3 Å². The summed E-state index contributed by atoms with van der Waals surface area (Å²) in [4.78, 5) is 12.5. The molecule has 1 aliphatic rings. The van der Waals surface area contributed by atoms with E-state index < -0.39 is 0 Å². The van der Waals surface area contributed by atoms with Crippen LogP contribution in [0.25, 0.3) is 10.7 Å². The topological polar surface area (TPSA) is 60.0 Å². The van der Waals surface area contributed by atoms with Crippen LogP contribution < -0.4 is 0 Å². The van der Waals surface area contributed by atoms with Crippen LogP contribution in [-0.2, 0) is 13.6 Å². The highest BCUT2D eigenvalue weighted by molar-refractivity contribution is 7.13. The van der Waals surface area contributed by atoms with E-state index in [-0.39, 0.29) is 0 Å². The second-order valence-electron chi connectivity index (χ2n) is 5.87. The molecule has 6 nitrogen and oxygen atoms in total. The molecule has 3 aromatic heterocycles. The number of aromatic nitrogens is 4. The Hall–Kier alpha value is -1.99. The lowest BCUT2D eigenvalue weighted by Gasteiger charge is -2.34. The van der Waals surface area contributed by atoms with Gasteiger partial charge in [0.1, 0.15) is 5.82 Å². The number of hydrogen-bond donors (Lipinski definition) is 0. The van der Waals surface area contributed by atoms with E-state index in [9.17, 15) is 0 Å². The summed E-state index contributed by atoms with van der Waals surface area (Å²) in [6.45, 7) is 1.71. The van der Waals surface area contributed by atoms with Gasteiger partial charge < -0.3 is 9.09 Å². The minimum Gasteiger partial charge on any atom is -0.338 e. The van der Waals surface area contributed by atoms with E-state index >= 15 is 0 Å². The highest BCUT2D eigenvalue weighted by atomic mass is 32.1. The Morgan fingerprint density at radius 3 is 3.13 bits per heavy atom. The third-order valence-corrected chi connectivity index (χ3v) is 5.18. The average Bonchev–Trinajstić information content (AvgIpc) is 3.29. The van der Waals surface area contributed by atoms with Crippen LogP contribution in [-0.4, -0.2) is 31.1 Å². The molecule has 0 amide bonds. The van der Waals surface area contributed by atoms with E-state index in [1.807, 2.05) is 29.9 Å². The Kier molecular flexibility index (Phi) is 3.97. The fourth-order valence-electron chi connectivity index (χ4n) is 3.17. The first-order chi connectivity index (χ1) is 11.3. The van der Waals surface area contributed by atoms with Gasteiger partial charge in [0.05, 0.1) is 17.5 Å². The maximum Gasteiger partial charge on any atom is 0.241 e. The molecule has 120 valence electrons. The Morgan fingerprint density at radius 1 is 1.39 bits per heavy atom. The second kappa shape index (κ2) is 6.25. The summed E-state index contributed by atoms with van der Waals surface area (Å²) < 4.78 is 7.57. The number of aryl methyl sites for hydroxylation is 1. The van der Waals surface area contributed by atoms with Crippen molar-refractivity contribution in [2.75, 3.05) is 6.54 Å². The van der Waals surface area contributed by atoms with E-state index in [2.05, 4.69) is 31.6 Å². The van der Waals surface area contributed by atoms with E-state index in [0.717, 1.165) is 23.7 Å². The van der Waals surface area contributed by atoms with Gasteiger partial charge in [0.25, 0.3) is 0 Å². The highest BCUT2D eigenvalue weighted by Crippen LogP contribution is 2.31. The minimum atomic E-state index is 0.320. The Morgan fingerprint density at radius 2 is 2.35 bits per heavy atom. The van der Waals surface area contributed by atoms with Gasteiger partial charge in [-0.05, 0) is 30.8 Å². The van der Waals surface area contributed by atoms with Gasteiger partial charge in [-0.3, -0.25) is 4.90 Å². The molecule has 0 N–H and O–H groups in total. The Balaban J connectivity index is 1.53. The summed E-state index contributed by atoms with van der Waals surface area (Å²) in [5, 5.41) is 6.13. The molecule has 1 fully saturated rings. The van der Waals surface area contributed by atoms with Crippen LogP contribution in [0, 0.1) is 0 Å². The van der Waals surface area contributed by atoms with E-state index in [1.54, 1.807) is 11.3 Å². The largest absolute Gasteiger partial charge is 0.338 e. The summed E-state index contributed by atoms with van der Waals surface area (Å²) in [6.07, 6.45) is 7.43. The summed E-state index contributed by atoms with van der Waals surface area (Å²) in [5.41, 5.74) is 0. The first kappa shape index (κ1) is 14.6. The van der Waals surface area contributed by atoms with Crippen LogP contribution in [0.15, 0.2) is 34.4 Å². The molecule has 1 atom stereocenters. The lowest BCUT2D eigenvalue weighted by molar-refractivity contribution is 0.116. The molecule has 4 heterocycles. The zero-order valence-electron chi connectivity index (χ0n) is 13.1. The SMILES string of the molecule is Cn1ccnc1[C@H]1CCCCN1Cc1nc(-c2cccs2)no1. The smallest absolute Gasteiger partial charge is 0.241 e. The van der Waals surface area contributed by atoms with Gasteiger partial charge in [-0.25, -0.2) is 4.98 Å². The van der Waals surface area contributed by atoms with Crippen molar-refractivity contribution in [3.05, 3.63) is 41.6 Å². The molecule has 1 saturated heterocycles. The first-order valence-electron chi connectivity index (χ1n) is 7.89. The maximum atomic E-state index is 5.46. The van der Waals surface area contributed by atoms with Crippen LogP contribution in [0.1, 0.15) is 37.0 Å². The van der Waals surface area contributed by atoms with Gasteiger partial charge in [-0.15, -0.1) is 11.3 Å². The normalized spacial score (nSPS) is 19.3. The average molecular weight is 329 g/mol. The van der Waals surface area contributed by atoms with Crippen molar-refractivity contribution in [3.8, 4) is 10.7 Å². The first-order valence-corrected chi connectivity index (χ1v) is 8.77. The molecule has 1 aliphatic heterocycles. The Labute approximate surface area is 138 Å². The molecule has 0 saturated carbocycles. The molecule has 4 rings (SSSR count). The number of likely N-dealkylation sites (tertiary alicyclic amines) is 1. The van der Waals surface area contributed by atoms with Crippen LogP contribution in [0.3, 0.4) is 0 Å². The van der Waals surface area contributed by atoms with Crippen LogP contribution in [0.2, 0.25) is 0 Å². The van der Waals surface area contributed by atoms with Gasteiger partial charge in [0.15, 0.2) is 0 Å². The van der Waals surface area contributed by atoms with Crippen LogP contribution in [0.4, 0.5) is 0 Å². The third-order valence-electron chi connectivity index (χ3n) is 4.32. The molecular weight excluding hydrogens is 310 g/mol. The molecule has 3 aromatic rings. The molecule has 7 heteroatoms. The second-order valence-corrected chi connectivity index (χ2v) is 6.82. The van der Waals surface area contributed by atoms with E-state index in [4.69, 9.17) is 4.52 Å². The van der Waals surface area contributed by atoms with E-state index in [0.29, 0.717) is 24.3 Å². The van der Waals surface area contributed by atoms with Crippen molar-refractivity contribution in [1.82, 2.24) is 24.6 Å². The number of piperidine rings is 1. The third kappa shape index (κ3) is 2.94. The standard InChI is InChI=1S/C16H19N5OS/c1-20-9-7-17-16(20)12-5-2-3-8-21(12)11-14-18-15(19-22-14)13-6-4-10-23-13/h4,6-7,9-10,12H,2-3,5,8,11H2,1H3/t12-/m1/s1. The van der Waals surface area contributed by atoms with Crippen molar-refractivity contribution in [2.24, 2.45) is 7.05 Å². The van der Waals surface area contributed by atoms with Crippen molar-refractivity contribution >= 4 is 11.3 Å². The molecular formula is C16H19N5OS. The predicted molar refractivity (Wildman–Crippen MR) is 87.8 cm³/mol. The van der Waals surface area contributed by atoms with Crippen LogP contribution in [0.5, 0.6) is 0 Å². The van der Waals surface area contributed by atoms with Gasteiger partial charge in [-0.2, -0.15) is 4.98 Å². The maximum absolute atomic E-state index is 5.46. The van der Waals surface area contributed by atoms with Gasteiger partial charge in [0, 0.05) is 19.4 Å². The zero-order valence-corrected chi connectivity index (χ0v) is 13.9. The monoisotopic (exact) mass is 329 g/mol. The minimum absolute atomic E-state index is 0.320. The summed E-state index contributed by atoms with van der Waals surface area (Å²) in [6, 6.07) is 4.33. The molecule has 23 heavy (non-hydrogen) atoms. The number of hydrogen-bond acceptors (Lipinski definition) is 6. The lowest BCUT2D eigenvalue weighted by Crippen LogP contribution is -2.34.